The van der Waals surface area contributed by atoms with Gasteiger partial charge in [0.2, 0.25) is 6.10 Å². The standard InChI is InChI=1S/C25H22ClNO3.C13H22NO3PS/c1-17(2)24(18-11-13-20(26)14-12-18)25(28)30-23(16-27)19-7-6-10-22(15-19)29-21-8-4-3-5-9-21;1-6-16-18(15,14-10(2)3)17-12-7-8-13(19-5)11(4)9-12/h3-15,17,23-24H,1-2H3;7-10H,6H2,1-5H3,(H,14,15)/t23-,24+;/m1./s1. The van der Waals surface area contributed by atoms with Crippen LogP contribution in [0.15, 0.2) is 102 Å². The van der Waals surface area contributed by atoms with Gasteiger partial charge < -0.3 is 14.0 Å². The van der Waals surface area contributed by atoms with Crippen LogP contribution in [0.4, 0.5) is 0 Å². The van der Waals surface area contributed by atoms with E-state index in [1.54, 1.807) is 55.1 Å². The van der Waals surface area contributed by atoms with Crippen LogP contribution in [0, 0.1) is 24.2 Å². The van der Waals surface area contributed by atoms with E-state index in [1.807, 2.05) is 102 Å². The van der Waals surface area contributed by atoms with E-state index in [4.69, 9.17) is 30.1 Å². The Hall–Kier alpha value is -3.77. The Balaban J connectivity index is 0.000000295. The molecule has 0 aliphatic rings. The molecule has 0 amide bonds. The minimum atomic E-state index is -3.30. The first kappa shape index (κ1) is 39.7. The summed E-state index contributed by atoms with van der Waals surface area (Å²) in [5.74, 6) is 0.844. The highest BCUT2D eigenvalue weighted by atomic mass is 35.5. The van der Waals surface area contributed by atoms with Gasteiger partial charge in [0.15, 0.2) is 0 Å². The number of hydrogen-bond donors (Lipinski definition) is 1. The molecule has 0 radical (unpaired) electrons. The van der Waals surface area contributed by atoms with Crippen molar-refractivity contribution in [1.82, 2.24) is 5.09 Å². The van der Waals surface area contributed by atoms with Gasteiger partial charge in [0.05, 0.1) is 12.5 Å². The number of hydrogen-bond acceptors (Lipinski definition) is 8. The second-order valence-electron chi connectivity index (χ2n) is 11.6. The fourth-order valence-electron chi connectivity index (χ4n) is 4.81. The molecule has 4 rings (SSSR count). The number of para-hydroxylation sites is 1. The molecule has 0 bridgehead atoms. The molecule has 0 saturated carbocycles. The van der Waals surface area contributed by atoms with Gasteiger partial charge in [-0.05, 0) is 106 Å². The van der Waals surface area contributed by atoms with Crippen LogP contribution in [0.2, 0.25) is 5.02 Å². The number of thioether (sulfide) groups is 1. The first-order valence-corrected chi connectivity index (χ1v) is 19.1. The molecule has 0 aliphatic carbocycles. The minimum absolute atomic E-state index is 0.00855. The van der Waals surface area contributed by atoms with E-state index < -0.39 is 25.7 Å². The summed E-state index contributed by atoms with van der Waals surface area (Å²) in [5.41, 5.74) is 2.45. The number of ether oxygens (including phenoxy) is 2. The van der Waals surface area contributed by atoms with E-state index in [2.05, 4.69) is 11.2 Å². The largest absolute Gasteiger partial charge is 0.458 e. The van der Waals surface area contributed by atoms with Crippen LogP contribution in [-0.4, -0.2) is 24.9 Å². The Morgan fingerprint density at radius 2 is 1.57 bits per heavy atom. The molecule has 0 heterocycles. The number of nitriles is 1. The van der Waals surface area contributed by atoms with Crippen LogP contribution in [0.5, 0.6) is 17.2 Å². The van der Waals surface area contributed by atoms with Crippen molar-refractivity contribution >= 4 is 37.1 Å². The predicted molar refractivity (Wildman–Crippen MR) is 198 cm³/mol. The van der Waals surface area contributed by atoms with Gasteiger partial charge in [-0.3, -0.25) is 9.32 Å². The van der Waals surface area contributed by atoms with Crippen molar-refractivity contribution in [3.05, 3.63) is 119 Å². The third-order valence-corrected chi connectivity index (χ3v) is 9.98. The molecule has 0 spiro atoms. The third kappa shape index (κ3) is 12.6. The lowest BCUT2D eigenvalue weighted by atomic mass is 9.88. The van der Waals surface area contributed by atoms with Gasteiger partial charge >= 0.3 is 13.7 Å². The summed E-state index contributed by atoms with van der Waals surface area (Å²) in [6.07, 6.45) is 0.985. The summed E-state index contributed by atoms with van der Waals surface area (Å²) in [7, 11) is -3.30. The molecule has 49 heavy (non-hydrogen) atoms. The Labute approximate surface area is 299 Å². The van der Waals surface area contributed by atoms with E-state index in [0.29, 0.717) is 34.4 Å². The number of nitrogens with zero attached hydrogens (tertiary/aromatic N) is 1. The Morgan fingerprint density at radius 1 is 0.898 bits per heavy atom. The summed E-state index contributed by atoms with van der Waals surface area (Å²) in [6, 6.07) is 31.2. The molecule has 0 fully saturated rings. The topological polar surface area (TPSA) is 107 Å². The maximum absolute atomic E-state index is 13.0. The monoisotopic (exact) mass is 722 g/mol. The van der Waals surface area contributed by atoms with Crippen molar-refractivity contribution in [3.8, 4) is 23.3 Å². The van der Waals surface area contributed by atoms with Gasteiger partial charge in [-0.25, -0.2) is 9.65 Å². The van der Waals surface area contributed by atoms with Crippen molar-refractivity contribution < 1.29 is 27.9 Å². The minimum Gasteiger partial charge on any atom is -0.457 e. The SMILES string of the molecule is CC(C)[C@H](C(=O)O[C@H](C#N)c1cccc(Oc2ccccc2)c1)c1ccc(Cl)cc1.CCOP(=O)(NC(C)C)Oc1ccc(SC)c(C)c1. The van der Waals surface area contributed by atoms with Gasteiger partial charge in [-0.15, -0.1) is 11.8 Å². The maximum atomic E-state index is 13.0. The van der Waals surface area contributed by atoms with E-state index in [-0.39, 0.29) is 12.0 Å². The van der Waals surface area contributed by atoms with E-state index in [0.717, 1.165) is 11.1 Å². The van der Waals surface area contributed by atoms with Crippen LogP contribution in [0.25, 0.3) is 0 Å². The number of aryl methyl sites for hydroxylation is 1. The maximum Gasteiger partial charge on any atom is 0.458 e. The summed E-state index contributed by atoms with van der Waals surface area (Å²) >= 11 is 7.64. The van der Waals surface area contributed by atoms with E-state index >= 15 is 0 Å². The van der Waals surface area contributed by atoms with Crippen molar-refractivity contribution in [2.45, 2.75) is 64.5 Å². The molecular weight excluding hydrogens is 679 g/mol. The van der Waals surface area contributed by atoms with Crippen molar-refractivity contribution in [2.24, 2.45) is 5.92 Å². The molecule has 4 aromatic carbocycles. The fraction of sp³-hybridized carbons (Fsp3) is 0.316. The molecule has 4 aromatic rings. The number of carbonyl (C=O) groups excluding carboxylic acids is 1. The average molecular weight is 723 g/mol. The molecule has 8 nitrogen and oxygen atoms in total. The molecule has 260 valence electrons. The summed E-state index contributed by atoms with van der Waals surface area (Å²) in [5, 5.41) is 13.1. The van der Waals surface area contributed by atoms with Crippen LogP contribution in [-0.2, 0) is 18.6 Å². The number of rotatable bonds is 14. The average Bonchev–Trinajstić information content (AvgIpc) is 3.05. The predicted octanol–water partition coefficient (Wildman–Crippen LogP) is 10.9. The highest BCUT2D eigenvalue weighted by molar-refractivity contribution is 7.98. The summed E-state index contributed by atoms with van der Waals surface area (Å²) in [4.78, 5) is 14.1. The Bertz CT molecular complexity index is 1730. The lowest BCUT2D eigenvalue weighted by Crippen LogP contribution is -2.23. The summed E-state index contributed by atoms with van der Waals surface area (Å²) < 4.78 is 34.7. The number of esters is 1. The zero-order valence-electron chi connectivity index (χ0n) is 28.9. The normalized spacial score (nSPS) is 13.3. The van der Waals surface area contributed by atoms with Gasteiger partial charge in [0.25, 0.3) is 0 Å². The molecule has 0 saturated heterocycles. The van der Waals surface area contributed by atoms with Gasteiger partial charge in [0, 0.05) is 21.5 Å². The van der Waals surface area contributed by atoms with Gasteiger partial charge in [-0.1, -0.05) is 67.9 Å². The van der Waals surface area contributed by atoms with E-state index in [9.17, 15) is 14.6 Å². The number of carbonyl (C=O) groups is 1. The summed E-state index contributed by atoms with van der Waals surface area (Å²) in [6.45, 7) is 11.8. The molecular formula is C38H44ClN2O6PS. The first-order valence-electron chi connectivity index (χ1n) is 15.9. The highest BCUT2D eigenvalue weighted by Gasteiger charge is 2.29. The number of benzene rings is 4. The van der Waals surface area contributed by atoms with E-state index in [1.165, 1.54) is 4.90 Å². The highest BCUT2D eigenvalue weighted by Crippen LogP contribution is 2.45. The number of nitrogens with one attached hydrogen (secondary N) is 1. The molecule has 11 heteroatoms. The smallest absolute Gasteiger partial charge is 0.457 e. The zero-order valence-corrected chi connectivity index (χ0v) is 31.4. The molecule has 0 aromatic heterocycles. The second kappa shape index (κ2) is 19.4. The van der Waals surface area contributed by atoms with Crippen LogP contribution in [0.1, 0.15) is 63.3 Å². The zero-order chi connectivity index (χ0) is 36.0. The quantitative estimate of drug-likeness (QED) is 0.0773. The molecule has 0 aliphatic heterocycles. The van der Waals surface area contributed by atoms with Gasteiger partial charge in [0.1, 0.15) is 23.3 Å². The molecule has 1 N–H and O–H groups in total. The Kier molecular flexibility index (Phi) is 15.7. The Morgan fingerprint density at radius 3 is 2.14 bits per heavy atom. The van der Waals surface area contributed by atoms with Crippen molar-refractivity contribution in [3.63, 3.8) is 0 Å². The fourth-order valence-corrected chi connectivity index (χ4v) is 7.06. The van der Waals surface area contributed by atoms with Crippen LogP contribution < -0.4 is 14.3 Å². The van der Waals surface area contributed by atoms with Gasteiger partial charge in [-0.2, -0.15) is 5.26 Å². The number of halogens is 1. The first-order chi connectivity index (χ1) is 23.4. The lowest BCUT2D eigenvalue weighted by Gasteiger charge is -2.22. The van der Waals surface area contributed by atoms with Crippen molar-refractivity contribution in [1.29, 1.82) is 5.26 Å². The molecule has 3 atom stereocenters. The lowest BCUT2D eigenvalue weighted by molar-refractivity contribution is -0.150. The van der Waals surface area contributed by atoms with Crippen molar-refractivity contribution in [2.75, 3.05) is 12.9 Å². The van der Waals surface area contributed by atoms with Crippen LogP contribution >= 0.6 is 31.1 Å². The molecule has 1 unspecified atom stereocenters. The second-order valence-corrected chi connectivity index (χ2v) is 14.6. The van der Waals surface area contributed by atoms with Crippen LogP contribution in [0.3, 0.4) is 0 Å². The third-order valence-electron chi connectivity index (χ3n) is 6.95.